The third-order valence-electron chi connectivity index (χ3n) is 2.24. The van der Waals surface area contributed by atoms with Crippen LogP contribution in [0.2, 0.25) is 0 Å². The van der Waals surface area contributed by atoms with Crippen LogP contribution in [0.15, 0.2) is 12.7 Å². The van der Waals surface area contributed by atoms with Gasteiger partial charge < -0.3 is 5.11 Å². The zero-order chi connectivity index (χ0) is 9.19. The van der Waals surface area contributed by atoms with Gasteiger partial charge in [0.1, 0.15) is 0 Å². The molecule has 1 saturated carbocycles. The molecule has 5 radical (unpaired) electrons. The van der Waals surface area contributed by atoms with E-state index in [-0.39, 0.29) is 5.41 Å². The van der Waals surface area contributed by atoms with Crippen molar-refractivity contribution in [1.82, 2.24) is 0 Å². The maximum Gasteiger partial charge on any atom is 0.0693 e. The van der Waals surface area contributed by atoms with E-state index < -0.39 is 6.10 Å². The first kappa shape index (κ1) is 9.79. The standard InChI is InChI=1S/C11H15O/c1-4-11(2,3)10(12)9-7-5-6-8-9/h4-8,10,12H,1H2,2-3H3. The Morgan fingerprint density at radius 1 is 1.42 bits per heavy atom. The summed E-state index contributed by atoms with van der Waals surface area (Å²) in [6, 6.07) is 0. The lowest BCUT2D eigenvalue weighted by atomic mass is 9.79. The molecule has 0 aromatic heterocycles. The number of hydrogen-bond donors (Lipinski definition) is 1. The third-order valence-corrected chi connectivity index (χ3v) is 2.24. The van der Waals surface area contributed by atoms with Crippen molar-refractivity contribution in [3.05, 3.63) is 44.3 Å². The largest absolute Gasteiger partial charge is 0.392 e. The minimum absolute atomic E-state index is 0.256. The van der Waals surface area contributed by atoms with Crippen LogP contribution in [0.4, 0.5) is 0 Å². The summed E-state index contributed by atoms with van der Waals surface area (Å²) in [6.45, 7) is 7.64. The van der Waals surface area contributed by atoms with E-state index in [4.69, 9.17) is 0 Å². The molecule has 1 aliphatic carbocycles. The van der Waals surface area contributed by atoms with E-state index in [0.717, 1.165) is 5.92 Å². The predicted molar refractivity (Wildman–Crippen MR) is 50.4 cm³/mol. The van der Waals surface area contributed by atoms with E-state index in [0.29, 0.717) is 0 Å². The van der Waals surface area contributed by atoms with Crippen LogP contribution in [-0.4, -0.2) is 11.2 Å². The fourth-order valence-corrected chi connectivity index (χ4v) is 1.11. The second kappa shape index (κ2) is 3.61. The predicted octanol–water partition coefficient (Wildman–Crippen LogP) is 1.96. The van der Waals surface area contributed by atoms with Crippen LogP contribution in [0.3, 0.4) is 0 Å². The summed E-state index contributed by atoms with van der Waals surface area (Å²) >= 11 is 0. The van der Waals surface area contributed by atoms with Crippen molar-refractivity contribution >= 4 is 0 Å². The van der Waals surface area contributed by atoms with Gasteiger partial charge in [-0.2, -0.15) is 0 Å². The first-order valence-electron chi connectivity index (χ1n) is 4.11. The molecule has 0 bridgehead atoms. The number of aliphatic hydroxyl groups is 1. The van der Waals surface area contributed by atoms with Crippen molar-refractivity contribution in [2.75, 3.05) is 0 Å². The first-order valence-corrected chi connectivity index (χ1v) is 4.11. The van der Waals surface area contributed by atoms with Crippen molar-refractivity contribution in [3.8, 4) is 0 Å². The molecule has 0 aromatic rings. The molecule has 1 nitrogen and oxygen atoms in total. The van der Waals surface area contributed by atoms with Gasteiger partial charge in [-0.1, -0.05) is 19.9 Å². The topological polar surface area (TPSA) is 20.2 Å². The molecule has 12 heavy (non-hydrogen) atoms. The highest BCUT2D eigenvalue weighted by Gasteiger charge is 2.34. The molecule has 0 spiro atoms. The zero-order valence-electron chi connectivity index (χ0n) is 7.62. The van der Waals surface area contributed by atoms with Crippen molar-refractivity contribution in [2.24, 2.45) is 5.41 Å². The normalized spacial score (nSPS) is 22.6. The maximum absolute atomic E-state index is 9.87. The molecule has 0 heterocycles. The first-order chi connectivity index (χ1) is 5.58. The van der Waals surface area contributed by atoms with Gasteiger partial charge in [0, 0.05) is 11.3 Å². The SMILES string of the molecule is C=CC(C)(C)C(O)[C]1[CH][CH][CH][CH]1. The van der Waals surface area contributed by atoms with Gasteiger partial charge in [0.15, 0.2) is 0 Å². The molecular formula is C11H15O. The van der Waals surface area contributed by atoms with Crippen LogP contribution in [-0.2, 0) is 0 Å². The number of rotatable bonds is 3. The summed E-state index contributed by atoms with van der Waals surface area (Å²) in [5.74, 6) is 0.958. The van der Waals surface area contributed by atoms with Crippen molar-refractivity contribution < 1.29 is 5.11 Å². The van der Waals surface area contributed by atoms with Gasteiger partial charge in [-0.3, -0.25) is 0 Å². The van der Waals surface area contributed by atoms with E-state index in [9.17, 15) is 5.11 Å². The van der Waals surface area contributed by atoms with Crippen molar-refractivity contribution in [3.63, 3.8) is 0 Å². The van der Waals surface area contributed by atoms with E-state index in [1.54, 1.807) is 6.08 Å². The van der Waals surface area contributed by atoms with Crippen LogP contribution in [0.1, 0.15) is 13.8 Å². The summed E-state index contributed by atoms with van der Waals surface area (Å²) in [5, 5.41) is 9.87. The maximum atomic E-state index is 9.87. The Labute approximate surface area is 75.5 Å². The minimum atomic E-state index is -0.454. The molecule has 1 N–H and O–H groups in total. The molecule has 0 aliphatic heterocycles. The lowest BCUT2D eigenvalue weighted by Gasteiger charge is -2.30. The zero-order valence-corrected chi connectivity index (χ0v) is 7.62. The average molecular weight is 163 g/mol. The Kier molecular flexibility index (Phi) is 2.94. The second-order valence-electron chi connectivity index (χ2n) is 3.65. The van der Waals surface area contributed by atoms with E-state index in [2.05, 4.69) is 6.58 Å². The highest BCUT2D eigenvalue weighted by atomic mass is 16.3. The molecule has 1 atom stereocenters. The van der Waals surface area contributed by atoms with Gasteiger partial charge >= 0.3 is 0 Å². The Balaban J connectivity index is 2.55. The van der Waals surface area contributed by atoms with Crippen molar-refractivity contribution in [2.45, 2.75) is 20.0 Å². The van der Waals surface area contributed by atoms with Crippen molar-refractivity contribution in [1.29, 1.82) is 0 Å². The van der Waals surface area contributed by atoms with E-state index in [1.165, 1.54) is 0 Å². The van der Waals surface area contributed by atoms with Gasteiger partial charge in [-0.25, -0.2) is 0 Å². The van der Waals surface area contributed by atoms with Crippen LogP contribution in [0.5, 0.6) is 0 Å². The summed E-state index contributed by atoms with van der Waals surface area (Å²) < 4.78 is 0. The molecule has 1 aliphatic rings. The molecule has 1 rings (SSSR count). The fraction of sp³-hybridized carbons (Fsp3) is 0.364. The van der Waals surface area contributed by atoms with E-state index in [1.807, 2.05) is 39.5 Å². The molecule has 1 fully saturated rings. The number of aliphatic hydroxyl groups excluding tert-OH is 1. The van der Waals surface area contributed by atoms with Gasteiger partial charge in [0.05, 0.1) is 6.10 Å². The Morgan fingerprint density at radius 2 is 1.92 bits per heavy atom. The molecule has 0 aromatic carbocycles. The van der Waals surface area contributed by atoms with Crippen LogP contribution in [0.25, 0.3) is 0 Å². The fourth-order valence-electron chi connectivity index (χ4n) is 1.11. The van der Waals surface area contributed by atoms with Crippen LogP contribution in [0, 0.1) is 37.0 Å². The summed E-state index contributed by atoms with van der Waals surface area (Å²) in [6.07, 6.45) is 9.04. The summed E-state index contributed by atoms with van der Waals surface area (Å²) in [4.78, 5) is 0. The van der Waals surface area contributed by atoms with Crippen LogP contribution >= 0.6 is 0 Å². The monoisotopic (exact) mass is 163 g/mol. The number of hydrogen-bond acceptors (Lipinski definition) is 1. The molecule has 1 heteroatoms. The summed E-state index contributed by atoms with van der Waals surface area (Å²) in [7, 11) is 0. The average Bonchev–Trinajstić information content (AvgIpc) is 2.55. The highest BCUT2D eigenvalue weighted by Crippen LogP contribution is 2.35. The lowest BCUT2D eigenvalue weighted by molar-refractivity contribution is 0.102. The van der Waals surface area contributed by atoms with Gasteiger partial charge in [-0.15, -0.1) is 6.58 Å². The molecule has 65 valence electrons. The molecule has 1 unspecified atom stereocenters. The van der Waals surface area contributed by atoms with Gasteiger partial charge in [0.2, 0.25) is 0 Å². The summed E-state index contributed by atoms with van der Waals surface area (Å²) in [5.41, 5.74) is -0.256. The molecular weight excluding hydrogens is 148 g/mol. The third kappa shape index (κ3) is 1.89. The molecule has 0 saturated heterocycles. The smallest absolute Gasteiger partial charge is 0.0693 e. The molecule has 0 amide bonds. The van der Waals surface area contributed by atoms with Crippen LogP contribution < -0.4 is 0 Å². The Bertz CT molecular complexity index is 154. The van der Waals surface area contributed by atoms with E-state index >= 15 is 0 Å². The van der Waals surface area contributed by atoms with Gasteiger partial charge in [-0.05, 0) is 25.7 Å². The Hall–Kier alpha value is -0.300. The lowest BCUT2D eigenvalue weighted by Crippen LogP contribution is -2.32. The second-order valence-corrected chi connectivity index (χ2v) is 3.65. The highest BCUT2D eigenvalue weighted by molar-refractivity contribution is 5.39. The minimum Gasteiger partial charge on any atom is -0.392 e. The Morgan fingerprint density at radius 3 is 2.33 bits per heavy atom. The quantitative estimate of drug-likeness (QED) is 0.631. The van der Waals surface area contributed by atoms with Gasteiger partial charge in [0.25, 0.3) is 0 Å².